The van der Waals surface area contributed by atoms with E-state index in [1.807, 2.05) is 12.1 Å². The van der Waals surface area contributed by atoms with Crippen molar-refractivity contribution < 1.29 is 20.1 Å². The molecule has 6 nitrogen and oxygen atoms in total. The van der Waals surface area contributed by atoms with Crippen LogP contribution < -0.4 is 5.56 Å². The molecular formula is C24H17NO5. The van der Waals surface area contributed by atoms with E-state index in [1.54, 1.807) is 42.6 Å². The molecule has 1 heterocycles. The van der Waals surface area contributed by atoms with Gasteiger partial charge in [0.15, 0.2) is 0 Å². The number of phenols is 2. The minimum atomic E-state index is -1.03. The van der Waals surface area contributed by atoms with Gasteiger partial charge in [0.2, 0.25) is 0 Å². The molecule has 0 bridgehead atoms. The number of aromatic nitrogens is 1. The normalized spacial score (nSPS) is 11.2. The summed E-state index contributed by atoms with van der Waals surface area (Å²) in [7, 11) is 0. The smallest absolute Gasteiger partial charge is 0.328 e. The molecular weight excluding hydrogens is 382 g/mol. The second-order valence-corrected chi connectivity index (χ2v) is 6.76. The maximum absolute atomic E-state index is 13.1. The summed E-state index contributed by atoms with van der Waals surface area (Å²) in [5.41, 5.74) is 2.59. The number of phenolic OH excluding ortho intramolecular Hbond substituents is 2. The van der Waals surface area contributed by atoms with E-state index in [9.17, 15) is 19.8 Å². The van der Waals surface area contributed by atoms with Crippen LogP contribution in [0.5, 0.6) is 11.5 Å². The third-order valence-corrected chi connectivity index (χ3v) is 4.77. The van der Waals surface area contributed by atoms with Crippen molar-refractivity contribution >= 4 is 22.8 Å². The van der Waals surface area contributed by atoms with Crippen molar-refractivity contribution in [3.63, 3.8) is 0 Å². The van der Waals surface area contributed by atoms with Crippen LogP contribution in [0.4, 0.5) is 0 Å². The largest absolute Gasteiger partial charge is 0.508 e. The summed E-state index contributed by atoms with van der Waals surface area (Å²) < 4.78 is 1.49. The molecule has 0 aliphatic carbocycles. The summed E-state index contributed by atoms with van der Waals surface area (Å²) in [5.74, 6) is -0.879. The van der Waals surface area contributed by atoms with Gasteiger partial charge in [-0.05, 0) is 59.7 Å². The van der Waals surface area contributed by atoms with Gasteiger partial charge in [-0.3, -0.25) is 9.36 Å². The third-order valence-electron chi connectivity index (χ3n) is 4.77. The van der Waals surface area contributed by atoms with Gasteiger partial charge in [0.25, 0.3) is 5.56 Å². The molecule has 0 aliphatic rings. The third kappa shape index (κ3) is 3.66. The Bertz CT molecular complexity index is 1330. The first-order valence-corrected chi connectivity index (χ1v) is 9.11. The molecule has 0 atom stereocenters. The van der Waals surface area contributed by atoms with Crippen molar-refractivity contribution in [2.45, 2.75) is 0 Å². The van der Waals surface area contributed by atoms with Crippen LogP contribution in [0.2, 0.25) is 0 Å². The quantitative estimate of drug-likeness (QED) is 0.447. The van der Waals surface area contributed by atoms with Crippen LogP contribution in [0.3, 0.4) is 0 Å². The lowest BCUT2D eigenvalue weighted by Crippen LogP contribution is -2.18. The topological polar surface area (TPSA) is 99.8 Å². The predicted molar refractivity (Wildman–Crippen MR) is 115 cm³/mol. The molecule has 4 rings (SSSR count). The van der Waals surface area contributed by atoms with Crippen molar-refractivity contribution in [3.8, 4) is 28.3 Å². The molecule has 0 saturated heterocycles. The Morgan fingerprint density at radius 1 is 0.833 bits per heavy atom. The van der Waals surface area contributed by atoms with Crippen LogP contribution in [-0.2, 0) is 4.79 Å². The Morgan fingerprint density at radius 2 is 1.50 bits per heavy atom. The van der Waals surface area contributed by atoms with Crippen LogP contribution in [0, 0.1) is 0 Å². The Labute approximate surface area is 171 Å². The van der Waals surface area contributed by atoms with Crippen molar-refractivity contribution in [3.05, 3.63) is 94.9 Å². The van der Waals surface area contributed by atoms with Gasteiger partial charge in [-0.2, -0.15) is 0 Å². The van der Waals surface area contributed by atoms with Crippen LogP contribution in [0.25, 0.3) is 33.7 Å². The fraction of sp³-hybridized carbons (Fsp3) is 0. The molecule has 1 aromatic heterocycles. The summed E-state index contributed by atoms with van der Waals surface area (Å²) in [6.45, 7) is 0. The van der Waals surface area contributed by atoms with E-state index in [0.717, 1.165) is 22.8 Å². The van der Waals surface area contributed by atoms with Crippen molar-refractivity contribution in [2.75, 3.05) is 0 Å². The minimum Gasteiger partial charge on any atom is -0.508 e. The molecule has 0 saturated carbocycles. The van der Waals surface area contributed by atoms with Crippen molar-refractivity contribution in [1.82, 2.24) is 4.57 Å². The number of carbonyl (C=O) groups is 1. The van der Waals surface area contributed by atoms with Crippen LogP contribution in [0.15, 0.2) is 83.8 Å². The van der Waals surface area contributed by atoms with Gasteiger partial charge in [-0.1, -0.05) is 24.3 Å². The highest BCUT2D eigenvalue weighted by Gasteiger charge is 2.13. The molecule has 0 fully saturated rings. The lowest BCUT2D eigenvalue weighted by atomic mass is 9.99. The number of carboxylic acid groups (broad SMARTS) is 1. The summed E-state index contributed by atoms with van der Waals surface area (Å²) >= 11 is 0. The molecule has 0 aliphatic heterocycles. The second kappa shape index (κ2) is 7.60. The highest BCUT2D eigenvalue weighted by molar-refractivity contribution is 5.97. The van der Waals surface area contributed by atoms with E-state index >= 15 is 0 Å². The van der Waals surface area contributed by atoms with Gasteiger partial charge in [-0.25, -0.2) is 4.79 Å². The highest BCUT2D eigenvalue weighted by Crippen LogP contribution is 2.30. The summed E-state index contributed by atoms with van der Waals surface area (Å²) in [5, 5.41) is 29.3. The number of fused-ring (bicyclic) bond motifs is 1. The van der Waals surface area contributed by atoms with Gasteiger partial charge in [-0.15, -0.1) is 0 Å². The molecule has 0 amide bonds. The zero-order chi connectivity index (χ0) is 21.3. The monoisotopic (exact) mass is 399 g/mol. The fourth-order valence-corrected chi connectivity index (χ4v) is 3.30. The number of aliphatic carboxylic acids is 1. The molecule has 30 heavy (non-hydrogen) atoms. The number of rotatable bonds is 4. The minimum absolute atomic E-state index is 0.0477. The first kappa shape index (κ1) is 19.0. The number of benzene rings is 3. The first-order valence-electron chi connectivity index (χ1n) is 9.11. The number of hydrogen-bond acceptors (Lipinski definition) is 4. The van der Waals surface area contributed by atoms with Crippen molar-refractivity contribution in [1.29, 1.82) is 0 Å². The standard InChI is InChI=1S/C24H17NO5/c26-18-8-6-17(7-9-18)25-14-22(21-13-19(27)10-11-20(21)24(25)30)16-4-1-15(2-5-16)3-12-23(28)29/h1-14,26-27H,(H,28,29)/b12-3+. The molecule has 0 radical (unpaired) electrons. The second-order valence-electron chi connectivity index (χ2n) is 6.76. The number of carboxylic acids is 1. The van der Waals surface area contributed by atoms with Gasteiger partial charge in [0.05, 0.1) is 0 Å². The van der Waals surface area contributed by atoms with Crippen LogP contribution >= 0.6 is 0 Å². The number of nitrogens with zero attached hydrogens (tertiary/aromatic N) is 1. The molecule has 6 heteroatoms. The maximum atomic E-state index is 13.1. The van der Waals surface area contributed by atoms with Crippen LogP contribution in [-0.4, -0.2) is 25.9 Å². The Balaban J connectivity index is 1.93. The van der Waals surface area contributed by atoms with Crippen molar-refractivity contribution in [2.24, 2.45) is 0 Å². The SMILES string of the molecule is O=C(O)/C=C/c1ccc(-c2cn(-c3ccc(O)cc3)c(=O)c3ccc(O)cc23)cc1. The molecule has 4 aromatic rings. The Hall–Kier alpha value is -4.32. The van der Waals surface area contributed by atoms with E-state index in [4.69, 9.17) is 5.11 Å². The van der Waals surface area contributed by atoms with E-state index in [2.05, 4.69) is 0 Å². The average Bonchev–Trinajstić information content (AvgIpc) is 2.74. The van der Waals surface area contributed by atoms with Crippen LogP contribution in [0.1, 0.15) is 5.56 Å². The average molecular weight is 399 g/mol. The van der Waals surface area contributed by atoms with Gasteiger partial charge >= 0.3 is 5.97 Å². The molecule has 0 unspecified atom stereocenters. The Kier molecular flexibility index (Phi) is 4.82. The van der Waals surface area contributed by atoms with E-state index in [1.165, 1.54) is 28.8 Å². The maximum Gasteiger partial charge on any atom is 0.328 e. The molecule has 148 valence electrons. The summed E-state index contributed by atoms with van der Waals surface area (Å²) in [6, 6.07) is 18.1. The zero-order valence-corrected chi connectivity index (χ0v) is 15.7. The van der Waals surface area contributed by atoms with E-state index in [-0.39, 0.29) is 17.1 Å². The summed E-state index contributed by atoms with van der Waals surface area (Å²) in [4.78, 5) is 23.8. The molecule has 0 spiro atoms. The van der Waals surface area contributed by atoms with E-state index in [0.29, 0.717) is 16.5 Å². The fourth-order valence-electron chi connectivity index (χ4n) is 3.30. The first-order chi connectivity index (χ1) is 14.4. The predicted octanol–water partition coefficient (Wildman–Crippen LogP) is 4.17. The van der Waals surface area contributed by atoms with E-state index < -0.39 is 5.97 Å². The van der Waals surface area contributed by atoms with Gasteiger partial charge in [0, 0.05) is 34.3 Å². The van der Waals surface area contributed by atoms with Gasteiger partial charge in [0.1, 0.15) is 11.5 Å². The number of hydrogen-bond donors (Lipinski definition) is 3. The number of aromatic hydroxyl groups is 2. The zero-order valence-electron chi connectivity index (χ0n) is 15.7. The molecule has 3 N–H and O–H groups in total. The lowest BCUT2D eigenvalue weighted by molar-refractivity contribution is -0.131. The summed E-state index contributed by atoms with van der Waals surface area (Å²) in [6.07, 6.45) is 4.25. The number of pyridine rings is 1. The molecule has 3 aromatic carbocycles. The lowest BCUT2D eigenvalue weighted by Gasteiger charge is -2.13. The Morgan fingerprint density at radius 3 is 2.17 bits per heavy atom. The highest BCUT2D eigenvalue weighted by atomic mass is 16.4. The van der Waals surface area contributed by atoms with Gasteiger partial charge < -0.3 is 15.3 Å².